The van der Waals surface area contributed by atoms with Gasteiger partial charge in [-0.3, -0.25) is 4.99 Å². The van der Waals surface area contributed by atoms with Crippen LogP contribution in [0.25, 0.3) is 0 Å². The minimum absolute atomic E-state index is 0.105. The Morgan fingerprint density at radius 3 is 3.00 bits per heavy atom. The average Bonchev–Trinajstić information content (AvgIpc) is 2.24. The van der Waals surface area contributed by atoms with E-state index in [9.17, 15) is 4.39 Å². The van der Waals surface area contributed by atoms with E-state index in [4.69, 9.17) is 0 Å². The van der Waals surface area contributed by atoms with Crippen LogP contribution in [0.3, 0.4) is 0 Å². The molecule has 0 fully saturated rings. The Morgan fingerprint density at radius 1 is 1.44 bits per heavy atom. The summed E-state index contributed by atoms with van der Waals surface area (Å²) in [6.07, 6.45) is 1.13. The molecule has 4 heteroatoms. The molecule has 1 aromatic carbocycles. The number of rotatable bonds is 2. The maximum Gasteiger partial charge on any atom is 0.181 e. The van der Waals surface area contributed by atoms with Gasteiger partial charge in [0.05, 0.1) is 6.21 Å². The summed E-state index contributed by atoms with van der Waals surface area (Å²) in [4.78, 5) is 3.91. The largest absolute Gasteiger partial charge is 0.348 e. The van der Waals surface area contributed by atoms with Gasteiger partial charge in [0.15, 0.2) is 5.83 Å². The first kappa shape index (κ1) is 10.7. The van der Waals surface area contributed by atoms with Crippen LogP contribution in [0.1, 0.15) is 12.5 Å². The van der Waals surface area contributed by atoms with Gasteiger partial charge in [-0.05, 0) is 31.5 Å². The lowest BCUT2D eigenvalue weighted by Crippen LogP contribution is -2.31. The smallest absolute Gasteiger partial charge is 0.181 e. The van der Waals surface area contributed by atoms with E-state index >= 15 is 0 Å². The molecule has 1 aliphatic rings. The fourth-order valence-electron chi connectivity index (χ4n) is 1.52. The minimum Gasteiger partial charge on any atom is -0.348 e. The molecule has 84 valence electrons. The molecule has 0 aliphatic carbocycles. The molecule has 16 heavy (non-hydrogen) atoms. The Balaban J connectivity index is 2.18. The lowest BCUT2D eigenvalue weighted by molar-refractivity contribution is 0.580. The lowest BCUT2D eigenvalue weighted by Gasteiger charge is -2.20. The van der Waals surface area contributed by atoms with Crippen molar-refractivity contribution in [3.05, 3.63) is 41.5 Å². The predicted octanol–water partition coefficient (Wildman–Crippen LogP) is 2.57. The molecule has 0 saturated heterocycles. The summed E-state index contributed by atoms with van der Waals surface area (Å²) in [7, 11) is 0. The first-order valence-electron chi connectivity index (χ1n) is 5.18. The molecule has 2 rings (SSSR count). The number of anilines is 1. The Bertz CT molecular complexity index is 451. The second kappa shape index (κ2) is 4.35. The highest BCUT2D eigenvalue weighted by atomic mass is 19.1. The molecule has 1 aromatic rings. The molecule has 1 heterocycles. The molecule has 1 aliphatic heterocycles. The van der Waals surface area contributed by atoms with Gasteiger partial charge < -0.3 is 10.6 Å². The van der Waals surface area contributed by atoms with E-state index in [1.807, 2.05) is 38.1 Å². The molecule has 0 saturated carbocycles. The van der Waals surface area contributed by atoms with Gasteiger partial charge in [0.25, 0.3) is 0 Å². The standard InChI is InChI=1S/C12H14FN3/c1-8-4-3-5-10(6-8)16-12-11(13)7-14-9(2)15-12/h3-7,9,15-16H,1-2H3. The van der Waals surface area contributed by atoms with Gasteiger partial charge in [-0.25, -0.2) is 4.39 Å². The topological polar surface area (TPSA) is 36.4 Å². The quantitative estimate of drug-likeness (QED) is 0.802. The predicted molar refractivity (Wildman–Crippen MR) is 64.0 cm³/mol. The summed E-state index contributed by atoms with van der Waals surface area (Å²) in [5.74, 6) is -0.00675. The van der Waals surface area contributed by atoms with E-state index < -0.39 is 0 Å². The third kappa shape index (κ3) is 2.39. The van der Waals surface area contributed by atoms with Crippen molar-refractivity contribution < 1.29 is 4.39 Å². The lowest BCUT2D eigenvalue weighted by atomic mass is 10.2. The van der Waals surface area contributed by atoms with Crippen LogP contribution in [0.2, 0.25) is 0 Å². The van der Waals surface area contributed by atoms with E-state index in [2.05, 4.69) is 15.6 Å². The molecule has 0 amide bonds. The molecule has 0 radical (unpaired) electrons. The zero-order chi connectivity index (χ0) is 11.5. The van der Waals surface area contributed by atoms with Crippen LogP contribution in [0.15, 0.2) is 40.9 Å². The van der Waals surface area contributed by atoms with E-state index in [-0.39, 0.29) is 12.0 Å². The maximum absolute atomic E-state index is 13.4. The van der Waals surface area contributed by atoms with Crippen molar-refractivity contribution in [2.24, 2.45) is 4.99 Å². The van der Waals surface area contributed by atoms with Crippen LogP contribution in [-0.2, 0) is 0 Å². The van der Waals surface area contributed by atoms with Crippen molar-refractivity contribution in [3.63, 3.8) is 0 Å². The van der Waals surface area contributed by atoms with Crippen LogP contribution in [0.5, 0.6) is 0 Å². The van der Waals surface area contributed by atoms with Gasteiger partial charge in [-0.1, -0.05) is 12.1 Å². The highest BCUT2D eigenvalue weighted by molar-refractivity contribution is 5.78. The van der Waals surface area contributed by atoms with Gasteiger partial charge in [-0.15, -0.1) is 0 Å². The van der Waals surface area contributed by atoms with Crippen molar-refractivity contribution >= 4 is 11.9 Å². The Labute approximate surface area is 94.1 Å². The summed E-state index contributed by atoms with van der Waals surface area (Å²) in [6, 6.07) is 7.77. The number of nitrogens with zero attached hydrogens (tertiary/aromatic N) is 1. The highest BCUT2D eigenvalue weighted by Gasteiger charge is 2.12. The van der Waals surface area contributed by atoms with Gasteiger partial charge in [0, 0.05) is 5.69 Å². The maximum atomic E-state index is 13.4. The minimum atomic E-state index is -0.375. The molecule has 0 aromatic heterocycles. The average molecular weight is 219 g/mol. The highest BCUT2D eigenvalue weighted by Crippen LogP contribution is 2.15. The number of aryl methyl sites for hydroxylation is 1. The second-order valence-corrected chi connectivity index (χ2v) is 3.82. The Kier molecular flexibility index (Phi) is 2.90. The first-order chi connectivity index (χ1) is 7.65. The molecule has 3 nitrogen and oxygen atoms in total. The molecular weight excluding hydrogens is 205 g/mol. The fraction of sp³-hybridized carbons (Fsp3) is 0.250. The third-order valence-electron chi connectivity index (χ3n) is 2.29. The number of hydrogen-bond acceptors (Lipinski definition) is 3. The van der Waals surface area contributed by atoms with Gasteiger partial charge in [-0.2, -0.15) is 0 Å². The molecule has 0 bridgehead atoms. The summed E-state index contributed by atoms with van der Waals surface area (Å²) in [6.45, 7) is 3.86. The van der Waals surface area contributed by atoms with E-state index in [0.29, 0.717) is 5.82 Å². The van der Waals surface area contributed by atoms with Crippen molar-refractivity contribution in [1.82, 2.24) is 5.32 Å². The fourth-order valence-corrected chi connectivity index (χ4v) is 1.52. The zero-order valence-electron chi connectivity index (χ0n) is 9.29. The number of allylic oxidation sites excluding steroid dienone is 1. The van der Waals surface area contributed by atoms with Crippen molar-refractivity contribution in [2.45, 2.75) is 20.0 Å². The van der Waals surface area contributed by atoms with Crippen LogP contribution in [0.4, 0.5) is 10.1 Å². The summed E-state index contributed by atoms with van der Waals surface area (Å²) in [5, 5.41) is 5.93. The van der Waals surface area contributed by atoms with Crippen molar-refractivity contribution in [2.75, 3.05) is 5.32 Å². The summed E-state index contributed by atoms with van der Waals surface area (Å²) >= 11 is 0. The van der Waals surface area contributed by atoms with Gasteiger partial charge in [0.1, 0.15) is 12.0 Å². The van der Waals surface area contributed by atoms with Gasteiger partial charge in [0.2, 0.25) is 0 Å². The summed E-state index contributed by atoms with van der Waals surface area (Å²) in [5.41, 5.74) is 1.99. The number of halogens is 1. The Morgan fingerprint density at radius 2 is 2.25 bits per heavy atom. The molecule has 1 atom stereocenters. The molecular formula is C12H14FN3. The molecule has 1 unspecified atom stereocenters. The van der Waals surface area contributed by atoms with E-state index in [1.165, 1.54) is 6.21 Å². The van der Waals surface area contributed by atoms with E-state index in [1.54, 1.807) is 0 Å². The number of benzene rings is 1. The third-order valence-corrected chi connectivity index (χ3v) is 2.29. The van der Waals surface area contributed by atoms with Crippen LogP contribution >= 0.6 is 0 Å². The Hall–Kier alpha value is -1.84. The number of nitrogens with one attached hydrogen (secondary N) is 2. The summed E-state index contributed by atoms with van der Waals surface area (Å²) < 4.78 is 13.4. The monoisotopic (exact) mass is 219 g/mol. The zero-order valence-corrected chi connectivity index (χ0v) is 9.29. The SMILES string of the molecule is Cc1cccc(NC2=C(F)C=NC(C)N2)c1. The van der Waals surface area contributed by atoms with E-state index in [0.717, 1.165) is 11.3 Å². The van der Waals surface area contributed by atoms with Crippen LogP contribution in [-0.4, -0.2) is 12.4 Å². The number of aliphatic imine (C=N–C) groups is 1. The first-order valence-corrected chi connectivity index (χ1v) is 5.18. The van der Waals surface area contributed by atoms with Crippen LogP contribution in [0, 0.1) is 6.92 Å². The normalized spacial score (nSPS) is 19.6. The molecule has 2 N–H and O–H groups in total. The van der Waals surface area contributed by atoms with Crippen LogP contribution < -0.4 is 10.6 Å². The van der Waals surface area contributed by atoms with Gasteiger partial charge >= 0.3 is 0 Å². The molecule has 0 spiro atoms. The second-order valence-electron chi connectivity index (χ2n) is 3.82. The van der Waals surface area contributed by atoms with Crippen molar-refractivity contribution in [1.29, 1.82) is 0 Å². The van der Waals surface area contributed by atoms with Crippen molar-refractivity contribution in [3.8, 4) is 0 Å². The number of hydrogen-bond donors (Lipinski definition) is 2.